The number of hydrogen-bond acceptors (Lipinski definition) is 2. The molecule has 5 heteroatoms. The van der Waals surface area contributed by atoms with E-state index in [4.69, 9.17) is 39.5 Å². The number of hydrogen-bond donors (Lipinski definition) is 0. The number of allylic oxidation sites excluding steroid dienone is 1. The van der Waals surface area contributed by atoms with E-state index >= 15 is 0 Å². The van der Waals surface area contributed by atoms with Gasteiger partial charge in [0.25, 0.3) is 0 Å². The van der Waals surface area contributed by atoms with Crippen molar-refractivity contribution < 1.29 is 9.53 Å². The Labute approximate surface area is 125 Å². The molecule has 0 fully saturated rings. The normalized spacial score (nSPS) is 12.0. The number of unbranched alkanes of at least 4 members (excludes halogenated alkanes) is 5. The van der Waals surface area contributed by atoms with Crippen LogP contribution in [-0.2, 0) is 9.53 Å². The largest absolute Gasteiger partial charge is 0.435 e. The Morgan fingerprint density at radius 2 is 1.72 bits per heavy atom. The lowest BCUT2D eigenvalue weighted by Gasteiger charge is -2.09. The predicted molar refractivity (Wildman–Crippen MR) is 78.1 cm³/mol. The van der Waals surface area contributed by atoms with Gasteiger partial charge >= 0.3 is 5.97 Å². The van der Waals surface area contributed by atoms with Crippen molar-refractivity contribution in [2.45, 2.75) is 62.1 Å². The lowest BCUT2D eigenvalue weighted by atomic mass is 10.1. The summed E-state index contributed by atoms with van der Waals surface area (Å²) in [4.78, 5) is 10.8. The third-order valence-corrected chi connectivity index (χ3v) is 2.98. The summed E-state index contributed by atoms with van der Waals surface area (Å²) in [6.07, 6.45) is 10.7. The lowest BCUT2D eigenvalue weighted by Crippen LogP contribution is -2.00. The molecule has 0 N–H and O–H groups in total. The van der Waals surface area contributed by atoms with Crippen molar-refractivity contribution in [3.8, 4) is 0 Å². The van der Waals surface area contributed by atoms with E-state index in [-0.39, 0.29) is 5.97 Å². The molecule has 0 unspecified atom stereocenters. The van der Waals surface area contributed by atoms with Gasteiger partial charge in [-0.25, -0.2) is 0 Å². The molecule has 0 saturated heterocycles. The minimum absolute atomic E-state index is 0.196. The van der Waals surface area contributed by atoms with Crippen molar-refractivity contribution in [2.24, 2.45) is 0 Å². The monoisotopic (exact) mass is 314 g/mol. The summed E-state index contributed by atoms with van der Waals surface area (Å²) < 4.78 is 3.70. The van der Waals surface area contributed by atoms with E-state index in [1.807, 2.05) is 6.08 Å². The molecule has 0 heterocycles. The summed E-state index contributed by atoms with van der Waals surface area (Å²) >= 11 is 16.9. The summed E-state index contributed by atoms with van der Waals surface area (Å²) in [6.45, 7) is 1.77. The summed E-state index contributed by atoms with van der Waals surface area (Å²) in [7, 11) is 0. The molecule has 2 nitrogen and oxygen atoms in total. The van der Waals surface area contributed by atoms with Gasteiger partial charge in [0.15, 0.2) is 3.79 Å². The molecular weight excluding hydrogens is 294 g/mol. The Morgan fingerprint density at radius 3 is 2.33 bits per heavy atom. The average molecular weight is 316 g/mol. The Kier molecular flexibility index (Phi) is 11.0. The molecule has 0 aromatic rings. The third-order valence-electron chi connectivity index (χ3n) is 2.42. The van der Waals surface area contributed by atoms with E-state index in [0.717, 1.165) is 38.5 Å². The first kappa shape index (κ1) is 18.1. The Morgan fingerprint density at radius 1 is 1.11 bits per heavy atom. The van der Waals surface area contributed by atoms with Gasteiger partial charge in [-0.05, 0) is 31.8 Å². The van der Waals surface area contributed by atoms with Crippen molar-refractivity contribution in [3.63, 3.8) is 0 Å². The standard InChI is InChI=1S/C13H21Cl3O2/c1-2-12(17)18-11-9-7-5-3-4-6-8-10-13(14,15)16/h9,11H,2-8,10H2,1H3. The second-order valence-electron chi connectivity index (χ2n) is 4.14. The molecule has 106 valence electrons. The zero-order valence-electron chi connectivity index (χ0n) is 10.8. The van der Waals surface area contributed by atoms with Crippen LogP contribution in [0.5, 0.6) is 0 Å². The van der Waals surface area contributed by atoms with Crippen LogP contribution in [0.3, 0.4) is 0 Å². The van der Waals surface area contributed by atoms with Crippen LogP contribution < -0.4 is 0 Å². The maximum absolute atomic E-state index is 10.8. The summed E-state index contributed by atoms with van der Waals surface area (Å²) in [5, 5.41) is 0. The second kappa shape index (κ2) is 11.0. The fraction of sp³-hybridized carbons (Fsp3) is 0.769. The first-order valence-corrected chi connectivity index (χ1v) is 7.50. The highest BCUT2D eigenvalue weighted by Crippen LogP contribution is 2.32. The van der Waals surface area contributed by atoms with Crippen LogP contribution in [-0.4, -0.2) is 9.76 Å². The van der Waals surface area contributed by atoms with Gasteiger partial charge in [0, 0.05) is 6.42 Å². The van der Waals surface area contributed by atoms with E-state index < -0.39 is 3.79 Å². The number of halogens is 3. The maximum Gasteiger partial charge on any atom is 0.310 e. The molecule has 0 aliphatic carbocycles. The highest BCUT2D eigenvalue weighted by molar-refractivity contribution is 6.67. The van der Waals surface area contributed by atoms with Crippen LogP contribution in [0.15, 0.2) is 12.3 Å². The SMILES string of the molecule is CCC(=O)OC=CCCCCCCCC(Cl)(Cl)Cl. The fourth-order valence-corrected chi connectivity index (χ4v) is 1.79. The van der Waals surface area contributed by atoms with Gasteiger partial charge in [-0.15, -0.1) is 0 Å². The van der Waals surface area contributed by atoms with Crippen LogP contribution in [0, 0.1) is 0 Å². The number of alkyl halides is 3. The van der Waals surface area contributed by atoms with E-state index in [0.29, 0.717) is 12.8 Å². The zero-order valence-corrected chi connectivity index (χ0v) is 13.0. The minimum atomic E-state index is -1.11. The number of rotatable bonds is 9. The molecular formula is C13H21Cl3O2. The molecule has 0 aromatic carbocycles. The summed E-state index contributed by atoms with van der Waals surface area (Å²) in [6, 6.07) is 0. The highest BCUT2D eigenvalue weighted by atomic mass is 35.6. The lowest BCUT2D eigenvalue weighted by molar-refractivity contribution is -0.137. The topological polar surface area (TPSA) is 26.3 Å². The molecule has 18 heavy (non-hydrogen) atoms. The quantitative estimate of drug-likeness (QED) is 0.241. The van der Waals surface area contributed by atoms with Crippen molar-refractivity contribution >= 4 is 40.8 Å². The predicted octanol–water partition coefficient (Wildman–Crippen LogP) is 5.55. The molecule has 0 radical (unpaired) electrons. The van der Waals surface area contributed by atoms with Crippen LogP contribution in [0.4, 0.5) is 0 Å². The Bertz CT molecular complexity index is 247. The zero-order chi connectivity index (χ0) is 13.9. The molecule has 0 aliphatic rings. The van der Waals surface area contributed by atoms with Crippen molar-refractivity contribution in [2.75, 3.05) is 0 Å². The molecule has 0 bridgehead atoms. The number of carbonyl (C=O) groups excluding carboxylic acids is 1. The summed E-state index contributed by atoms with van der Waals surface area (Å²) in [5.41, 5.74) is 0. The molecule has 0 aliphatic heterocycles. The van der Waals surface area contributed by atoms with Gasteiger partial charge in [0.05, 0.1) is 6.26 Å². The second-order valence-corrected chi connectivity index (χ2v) is 6.65. The number of carbonyl (C=O) groups is 1. The van der Waals surface area contributed by atoms with Gasteiger partial charge in [0.1, 0.15) is 0 Å². The van der Waals surface area contributed by atoms with Crippen molar-refractivity contribution in [1.29, 1.82) is 0 Å². The maximum atomic E-state index is 10.8. The molecule has 0 amide bonds. The number of esters is 1. The molecule has 0 aromatic heterocycles. The molecule has 0 saturated carbocycles. The minimum Gasteiger partial charge on any atom is -0.435 e. The summed E-state index contributed by atoms with van der Waals surface area (Å²) in [5.74, 6) is -0.196. The first-order chi connectivity index (χ1) is 8.45. The average Bonchev–Trinajstić information content (AvgIpc) is 2.29. The number of ether oxygens (including phenoxy) is 1. The van der Waals surface area contributed by atoms with Crippen LogP contribution in [0.1, 0.15) is 58.3 Å². The smallest absolute Gasteiger partial charge is 0.310 e. The van der Waals surface area contributed by atoms with Crippen molar-refractivity contribution in [1.82, 2.24) is 0 Å². The molecule has 0 spiro atoms. The third kappa shape index (κ3) is 14.1. The van der Waals surface area contributed by atoms with Gasteiger partial charge < -0.3 is 4.74 Å². The van der Waals surface area contributed by atoms with Gasteiger partial charge in [-0.3, -0.25) is 4.79 Å². The van der Waals surface area contributed by atoms with E-state index in [1.54, 1.807) is 6.92 Å². The van der Waals surface area contributed by atoms with Gasteiger partial charge in [0.2, 0.25) is 0 Å². The van der Waals surface area contributed by atoms with E-state index in [1.165, 1.54) is 6.26 Å². The Hall–Kier alpha value is 0.0800. The van der Waals surface area contributed by atoms with Gasteiger partial charge in [-0.2, -0.15) is 0 Å². The molecule has 0 atom stereocenters. The van der Waals surface area contributed by atoms with Crippen LogP contribution >= 0.6 is 34.8 Å². The van der Waals surface area contributed by atoms with E-state index in [2.05, 4.69) is 0 Å². The highest BCUT2D eigenvalue weighted by Gasteiger charge is 2.17. The van der Waals surface area contributed by atoms with Crippen LogP contribution in [0.2, 0.25) is 0 Å². The first-order valence-electron chi connectivity index (χ1n) is 6.37. The van der Waals surface area contributed by atoms with Crippen molar-refractivity contribution in [3.05, 3.63) is 12.3 Å². The van der Waals surface area contributed by atoms with Gasteiger partial charge in [-0.1, -0.05) is 61.0 Å². The van der Waals surface area contributed by atoms with E-state index in [9.17, 15) is 4.79 Å². The van der Waals surface area contributed by atoms with Crippen LogP contribution in [0.25, 0.3) is 0 Å². The Balaban J connectivity index is 3.24. The fourth-order valence-electron chi connectivity index (χ4n) is 1.39. The molecule has 0 rings (SSSR count).